The minimum atomic E-state index is -5.41. The van der Waals surface area contributed by atoms with Gasteiger partial charge in [-0.3, -0.25) is 9.78 Å². The van der Waals surface area contributed by atoms with Crippen molar-refractivity contribution in [3.8, 4) is 22.8 Å². The molecule has 4 aromatic rings. The van der Waals surface area contributed by atoms with Gasteiger partial charge in [0.2, 0.25) is 5.60 Å². The smallest absolute Gasteiger partial charge is 0.424 e. The monoisotopic (exact) mass is 617 g/mol. The SMILES string of the molecule is O=C(NCC(O)(c1cc2c(c(-c3ccc(F)cc3)n1)OCC2(CF)CF)C(F)(F)F)c1cc(OC2CC2)c2ncccc2c1. The molecule has 7 nitrogen and oxygen atoms in total. The van der Waals surface area contributed by atoms with Gasteiger partial charge in [0.1, 0.15) is 48.5 Å². The highest BCUT2D eigenvalue weighted by Gasteiger charge is 2.57. The van der Waals surface area contributed by atoms with E-state index in [1.165, 1.54) is 24.3 Å². The molecule has 6 rings (SSSR count). The van der Waals surface area contributed by atoms with Gasteiger partial charge in [-0.1, -0.05) is 6.07 Å². The molecule has 1 aliphatic carbocycles. The van der Waals surface area contributed by atoms with Crippen molar-refractivity contribution in [2.45, 2.75) is 36.1 Å². The van der Waals surface area contributed by atoms with Crippen LogP contribution >= 0.6 is 0 Å². The first-order valence-electron chi connectivity index (χ1n) is 13.7. The number of carbonyl (C=O) groups is 1. The van der Waals surface area contributed by atoms with Gasteiger partial charge in [0.05, 0.1) is 23.8 Å². The minimum absolute atomic E-state index is 0.0399. The van der Waals surface area contributed by atoms with E-state index in [1.807, 2.05) is 0 Å². The van der Waals surface area contributed by atoms with Gasteiger partial charge in [-0.15, -0.1) is 0 Å². The average molecular weight is 618 g/mol. The zero-order valence-corrected chi connectivity index (χ0v) is 22.9. The second kappa shape index (κ2) is 11.0. The first-order valence-corrected chi connectivity index (χ1v) is 13.7. The molecule has 0 bridgehead atoms. The lowest BCUT2D eigenvalue weighted by atomic mass is 9.82. The quantitative estimate of drug-likeness (QED) is 0.233. The largest absolute Gasteiger partial charge is 0.490 e. The number of ether oxygens (including phenoxy) is 2. The first kappa shape index (κ1) is 29.7. The van der Waals surface area contributed by atoms with Crippen LogP contribution in [0.15, 0.2) is 60.8 Å². The van der Waals surface area contributed by atoms with Gasteiger partial charge in [-0.05, 0) is 61.4 Å². The number of aliphatic hydroxyl groups is 1. The average Bonchev–Trinajstić information content (AvgIpc) is 3.76. The molecule has 0 saturated heterocycles. The molecule has 2 N–H and O–H groups in total. The molecule has 1 saturated carbocycles. The molecule has 2 aliphatic rings. The number of rotatable bonds is 9. The summed E-state index contributed by atoms with van der Waals surface area (Å²) in [4.78, 5) is 21.5. The number of benzene rings is 2. The van der Waals surface area contributed by atoms with Crippen molar-refractivity contribution in [2.75, 3.05) is 26.5 Å². The normalized spacial score (nSPS) is 17.1. The molecule has 13 heteroatoms. The Labute approximate surface area is 246 Å². The second-order valence-corrected chi connectivity index (χ2v) is 11.0. The van der Waals surface area contributed by atoms with Crippen LogP contribution in [0.3, 0.4) is 0 Å². The third-order valence-electron chi connectivity index (χ3n) is 7.81. The number of halogens is 6. The molecule has 44 heavy (non-hydrogen) atoms. The molecule has 1 atom stereocenters. The standard InChI is InChI=1S/C31H25F6N3O4/c32-13-29(14-33)16-43-27-22(29)12-24(40-26(27)17-3-5-20(34)6-4-17)30(42,31(35,36)37)15-39-28(41)19-10-18-2-1-9-38-25(18)23(11-19)44-21-7-8-21/h1-6,9-12,21,42H,7-8,13-16H2,(H,39,41). The predicted octanol–water partition coefficient (Wildman–Crippen LogP) is 5.73. The van der Waals surface area contributed by atoms with Crippen molar-refractivity contribution in [1.82, 2.24) is 15.3 Å². The Balaban J connectivity index is 1.40. The fraction of sp³-hybridized carbons (Fsp3) is 0.323. The van der Waals surface area contributed by atoms with E-state index < -0.39 is 61.1 Å². The summed E-state index contributed by atoms with van der Waals surface area (Å²) in [6.07, 6.45) is -2.30. The maximum Gasteiger partial charge on any atom is 0.424 e. The highest BCUT2D eigenvalue weighted by molar-refractivity contribution is 6.00. The van der Waals surface area contributed by atoms with E-state index in [1.54, 1.807) is 18.3 Å². The predicted molar refractivity (Wildman–Crippen MR) is 146 cm³/mol. The highest BCUT2D eigenvalue weighted by atomic mass is 19.4. The number of alkyl halides is 5. The molecule has 1 fully saturated rings. The number of carbonyl (C=O) groups excluding carboxylic acids is 1. The second-order valence-electron chi connectivity index (χ2n) is 11.0. The summed E-state index contributed by atoms with van der Waals surface area (Å²) in [5.74, 6) is -1.49. The fourth-order valence-electron chi connectivity index (χ4n) is 5.03. The van der Waals surface area contributed by atoms with Gasteiger partial charge < -0.3 is 19.9 Å². The summed E-state index contributed by atoms with van der Waals surface area (Å²) < 4.78 is 97.4. The molecule has 3 heterocycles. The van der Waals surface area contributed by atoms with Crippen LogP contribution in [0.4, 0.5) is 26.3 Å². The van der Waals surface area contributed by atoms with Crippen LogP contribution in [0.2, 0.25) is 0 Å². The summed E-state index contributed by atoms with van der Waals surface area (Å²) in [7, 11) is 0. The van der Waals surface area contributed by atoms with Gasteiger partial charge in [-0.2, -0.15) is 13.2 Å². The molecular formula is C31H25F6N3O4. The first-order chi connectivity index (χ1) is 21.0. The fourth-order valence-corrected chi connectivity index (χ4v) is 5.03. The van der Waals surface area contributed by atoms with Crippen molar-refractivity contribution >= 4 is 16.8 Å². The van der Waals surface area contributed by atoms with E-state index in [-0.39, 0.29) is 34.2 Å². The van der Waals surface area contributed by atoms with E-state index in [2.05, 4.69) is 15.3 Å². The molecular weight excluding hydrogens is 592 g/mol. The lowest BCUT2D eigenvalue weighted by Gasteiger charge is -2.31. The zero-order chi connectivity index (χ0) is 31.3. The molecule has 1 aliphatic heterocycles. The number of aromatic nitrogens is 2. The lowest BCUT2D eigenvalue weighted by molar-refractivity contribution is -0.265. The lowest BCUT2D eigenvalue weighted by Crippen LogP contribution is -2.51. The van der Waals surface area contributed by atoms with Crippen molar-refractivity contribution in [3.05, 3.63) is 83.4 Å². The third kappa shape index (κ3) is 5.18. The van der Waals surface area contributed by atoms with E-state index in [0.29, 0.717) is 16.7 Å². The van der Waals surface area contributed by atoms with Crippen LogP contribution in [0.5, 0.6) is 11.5 Å². The van der Waals surface area contributed by atoms with Gasteiger partial charge in [0, 0.05) is 28.3 Å². The highest BCUT2D eigenvalue weighted by Crippen LogP contribution is 2.48. The third-order valence-corrected chi connectivity index (χ3v) is 7.81. The Kier molecular flexibility index (Phi) is 7.39. The Morgan fingerprint density at radius 1 is 1.09 bits per heavy atom. The minimum Gasteiger partial charge on any atom is -0.490 e. The zero-order valence-electron chi connectivity index (χ0n) is 22.9. The molecule has 230 valence electrons. The topological polar surface area (TPSA) is 93.6 Å². The maximum absolute atomic E-state index is 14.7. The van der Waals surface area contributed by atoms with Gasteiger partial charge in [-0.25, -0.2) is 18.2 Å². The maximum atomic E-state index is 14.7. The van der Waals surface area contributed by atoms with E-state index in [0.717, 1.165) is 31.0 Å². The number of nitrogens with one attached hydrogen (secondary N) is 1. The Morgan fingerprint density at radius 3 is 2.48 bits per heavy atom. The Morgan fingerprint density at radius 2 is 1.82 bits per heavy atom. The van der Waals surface area contributed by atoms with Crippen LogP contribution in [0.25, 0.3) is 22.2 Å². The van der Waals surface area contributed by atoms with E-state index in [9.17, 15) is 36.2 Å². The molecule has 1 amide bonds. The number of pyridine rings is 2. The summed E-state index contributed by atoms with van der Waals surface area (Å²) in [5.41, 5.74) is -6.82. The number of nitrogens with zero attached hydrogens (tertiary/aromatic N) is 2. The summed E-state index contributed by atoms with van der Waals surface area (Å²) in [5, 5.41) is 13.9. The van der Waals surface area contributed by atoms with Crippen molar-refractivity contribution in [2.24, 2.45) is 0 Å². The molecule has 0 spiro atoms. The Hall–Kier alpha value is -4.39. The molecule has 0 radical (unpaired) electrons. The van der Waals surface area contributed by atoms with Crippen molar-refractivity contribution in [1.29, 1.82) is 0 Å². The van der Waals surface area contributed by atoms with Crippen molar-refractivity contribution < 1.29 is 45.7 Å². The molecule has 2 aromatic carbocycles. The Bertz CT molecular complexity index is 1720. The molecule has 1 unspecified atom stereocenters. The van der Waals surface area contributed by atoms with Gasteiger partial charge in [0.25, 0.3) is 5.91 Å². The van der Waals surface area contributed by atoms with E-state index >= 15 is 0 Å². The van der Waals surface area contributed by atoms with Crippen molar-refractivity contribution in [3.63, 3.8) is 0 Å². The van der Waals surface area contributed by atoms with Crippen LogP contribution in [0.1, 0.15) is 34.5 Å². The van der Waals surface area contributed by atoms with Gasteiger partial charge >= 0.3 is 6.18 Å². The van der Waals surface area contributed by atoms with E-state index in [4.69, 9.17) is 9.47 Å². The van der Waals surface area contributed by atoms with Gasteiger partial charge in [0.15, 0.2) is 0 Å². The number of amides is 1. The van der Waals surface area contributed by atoms with Crippen LogP contribution in [-0.4, -0.2) is 59.8 Å². The number of hydrogen-bond donors (Lipinski definition) is 2. The van der Waals surface area contributed by atoms with Crippen LogP contribution in [0, 0.1) is 5.82 Å². The number of fused-ring (bicyclic) bond motifs is 2. The number of hydrogen-bond acceptors (Lipinski definition) is 6. The summed E-state index contributed by atoms with van der Waals surface area (Å²) in [6.45, 7) is -4.55. The van der Waals surface area contributed by atoms with Crippen LogP contribution in [-0.2, 0) is 11.0 Å². The summed E-state index contributed by atoms with van der Waals surface area (Å²) in [6, 6.07) is 11.3. The summed E-state index contributed by atoms with van der Waals surface area (Å²) >= 11 is 0. The van der Waals surface area contributed by atoms with Crippen LogP contribution < -0.4 is 14.8 Å². The molecule has 2 aromatic heterocycles.